The molecule has 2 aliphatic carbocycles. The molecule has 0 amide bonds. The Kier molecular flexibility index (Phi) is 3.62. The fraction of sp³-hybridized carbons (Fsp3) is 0.786. The van der Waals surface area contributed by atoms with Crippen LogP contribution in [0.1, 0.15) is 49.4 Å². The van der Waals surface area contributed by atoms with Crippen molar-refractivity contribution in [1.82, 2.24) is 14.1 Å². The molecule has 0 aliphatic heterocycles. The first-order chi connectivity index (χ1) is 9.49. The Morgan fingerprint density at radius 1 is 1.40 bits per heavy atom. The molecule has 1 fully saturated rings. The average molecular weight is 297 g/mol. The summed E-state index contributed by atoms with van der Waals surface area (Å²) in [4.78, 5) is 0. The van der Waals surface area contributed by atoms with Crippen LogP contribution in [-0.4, -0.2) is 35.3 Å². The van der Waals surface area contributed by atoms with E-state index in [1.54, 1.807) is 11.4 Å². The molecule has 112 valence electrons. The second kappa shape index (κ2) is 5.15. The van der Waals surface area contributed by atoms with Crippen molar-refractivity contribution in [3.8, 4) is 0 Å². The van der Waals surface area contributed by atoms with Crippen LogP contribution < -0.4 is 0 Å². The molecule has 20 heavy (non-hydrogen) atoms. The van der Waals surface area contributed by atoms with Gasteiger partial charge in [0.05, 0.1) is 18.0 Å². The van der Waals surface area contributed by atoms with E-state index in [0.29, 0.717) is 11.7 Å². The molecule has 1 heterocycles. The topological polar surface area (TPSA) is 55.2 Å². The molecule has 1 aromatic heterocycles. The smallest absolute Gasteiger partial charge is 0.214 e. The van der Waals surface area contributed by atoms with Crippen LogP contribution in [0.3, 0.4) is 0 Å². The van der Waals surface area contributed by atoms with E-state index in [1.165, 1.54) is 18.5 Å². The van der Waals surface area contributed by atoms with Gasteiger partial charge in [-0.25, -0.2) is 8.42 Å². The summed E-state index contributed by atoms with van der Waals surface area (Å²) in [5, 5.41) is 4.29. The number of rotatable bonds is 5. The van der Waals surface area contributed by atoms with Crippen LogP contribution in [0.2, 0.25) is 0 Å². The zero-order valence-electron chi connectivity index (χ0n) is 12.2. The summed E-state index contributed by atoms with van der Waals surface area (Å²) in [6, 6.07) is -0.0309. The predicted octanol–water partition coefficient (Wildman–Crippen LogP) is 1.86. The van der Waals surface area contributed by atoms with Gasteiger partial charge >= 0.3 is 0 Å². The van der Waals surface area contributed by atoms with Crippen molar-refractivity contribution in [1.29, 1.82) is 0 Å². The highest BCUT2D eigenvalue weighted by atomic mass is 32.2. The lowest BCUT2D eigenvalue weighted by atomic mass is 9.93. The first kappa shape index (κ1) is 14.1. The van der Waals surface area contributed by atoms with Crippen LogP contribution in [0.5, 0.6) is 0 Å². The second-order valence-corrected chi connectivity index (χ2v) is 8.29. The molecule has 0 radical (unpaired) electrons. The molecular weight excluding hydrogens is 274 g/mol. The third kappa shape index (κ3) is 2.63. The van der Waals surface area contributed by atoms with Crippen molar-refractivity contribution < 1.29 is 8.42 Å². The van der Waals surface area contributed by atoms with Gasteiger partial charge in [-0.3, -0.25) is 4.68 Å². The molecule has 0 unspecified atom stereocenters. The zero-order chi connectivity index (χ0) is 14.3. The SMILES string of the molecule is CN([C@H]1CCCc2c1cnn2C)S(=O)(=O)CCC1CC1. The first-order valence-corrected chi connectivity index (χ1v) is 9.06. The summed E-state index contributed by atoms with van der Waals surface area (Å²) in [6.45, 7) is 0. The molecule has 3 rings (SSSR count). The van der Waals surface area contributed by atoms with Gasteiger partial charge < -0.3 is 0 Å². The Hall–Kier alpha value is -0.880. The number of fused-ring (bicyclic) bond motifs is 1. The lowest BCUT2D eigenvalue weighted by molar-refractivity contribution is 0.334. The Labute approximate surface area is 121 Å². The van der Waals surface area contributed by atoms with Crippen LogP contribution in [-0.2, 0) is 23.5 Å². The normalized spacial score (nSPS) is 23.1. The first-order valence-electron chi connectivity index (χ1n) is 7.45. The van der Waals surface area contributed by atoms with Gasteiger partial charge in [-0.15, -0.1) is 0 Å². The van der Waals surface area contributed by atoms with Crippen molar-refractivity contribution >= 4 is 10.0 Å². The number of hydrogen-bond acceptors (Lipinski definition) is 3. The molecule has 0 aromatic carbocycles. The van der Waals surface area contributed by atoms with E-state index in [0.717, 1.165) is 31.2 Å². The number of sulfonamides is 1. The maximum atomic E-state index is 12.5. The maximum absolute atomic E-state index is 12.5. The number of aryl methyl sites for hydroxylation is 1. The Bertz CT molecular complexity index is 590. The Balaban J connectivity index is 1.78. The van der Waals surface area contributed by atoms with Gasteiger partial charge in [-0.1, -0.05) is 12.8 Å². The van der Waals surface area contributed by atoms with Gasteiger partial charge in [-0.05, 0) is 31.6 Å². The summed E-state index contributed by atoms with van der Waals surface area (Å²) >= 11 is 0. The maximum Gasteiger partial charge on any atom is 0.214 e. The van der Waals surface area contributed by atoms with Crippen molar-refractivity contribution in [2.45, 2.75) is 44.6 Å². The van der Waals surface area contributed by atoms with Crippen molar-refractivity contribution in [2.75, 3.05) is 12.8 Å². The zero-order valence-corrected chi connectivity index (χ0v) is 13.1. The Morgan fingerprint density at radius 2 is 2.15 bits per heavy atom. The summed E-state index contributed by atoms with van der Waals surface area (Å²) in [6.07, 6.45) is 7.99. The molecule has 0 saturated heterocycles. The van der Waals surface area contributed by atoms with Gasteiger partial charge in [0, 0.05) is 25.4 Å². The molecule has 2 aliphatic rings. The van der Waals surface area contributed by atoms with E-state index in [1.807, 2.05) is 17.9 Å². The van der Waals surface area contributed by atoms with Gasteiger partial charge in [0.25, 0.3) is 0 Å². The molecule has 1 saturated carbocycles. The van der Waals surface area contributed by atoms with Crippen LogP contribution in [0.4, 0.5) is 0 Å². The monoisotopic (exact) mass is 297 g/mol. The van der Waals surface area contributed by atoms with Crippen molar-refractivity contribution in [3.63, 3.8) is 0 Å². The summed E-state index contributed by atoms with van der Waals surface area (Å²) in [7, 11) is 0.512. The molecule has 0 N–H and O–H groups in total. The lowest BCUT2D eigenvalue weighted by Gasteiger charge is -2.30. The molecule has 1 atom stereocenters. The van der Waals surface area contributed by atoms with E-state index in [9.17, 15) is 8.42 Å². The van der Waals surface area contributed by atoms with E-state index < -0.39 is 10.0 Å². The standard InChI is InChI=1S/C14H23N3O2S/c1-16-13-4-3-5-14(12(13)10-15-16)17(2)20(18,19)9-8-11-6-7-11/h10-11,14H,3-9H2,1-2H3/t14-/m0/s1. The van der Waals surface area contributed by atoms with Gasteiger partial charge in [0.15, 0.2) is 0 Å². The van der Waals surface area contributed by atoms with Crippen LogP contribution in [0, 0.1) is 5.92 Å². The third-order valence-electron chi connectivity index (χ3n) is 4.70. The molecule has 5 nitrogen and oxygen atoms in total. The van der Waals surface area contributed by atoms with E-state index in [2.05, 4.69) is 5.10 Å². The molecule has 6 heteroatoms. The van der Waals surface area contributed by atoms with Crippen LogP contribution >= 0.6 is 0 Å². The van der Waals surface area contributed by atoms with E-state index in [4.69, 9.17) is 0 Å². The van der Waals surface area contributed by atoms with Crippen molar-refractivity contribution in [2.24, 2.45) is 13.0 Å². The highest BCUT2D eigenvalue weighted by Gasteiger charge is 2.33. The third-order valence-corrected chi connectivity index (χ3v) is 6.59. The molecule has 1 aromatic rings. The largest absolute Gasteiger partial charge is 0.272 e. The van der Waals surface area contributed by atoms with E-state index >= 15 is 0 Å². The molecular formula is C14H23N3O2S. The quantitative estimate of drug-likeness (QED) is 0.833. The summed E-state index contributed by atoms with van der Waals surface area (Å²) in [5.74, 6) is 0.943. The lowest BCUT2D eigenvalue weighted by Crippen LogP contribution is -2.35. The Morgan fingerprint density at radius 3 is 2.85 bits per heavy atom. The van der Waals surface area contributed by atoms with Gasteiger partial charge in [0.1, 0.15) is 0 Å². The fourth-order valence-corrected chi connectivity index (χ4v) is 4.65. The van der Waals surface area contributed by atoms with E-state index in [-0.39, 0.29) is 6.04 Å². The minimum absolute atomic E-state index is 0.0309. The van der Waals surface area contributed by atoms with Gasteiger partial charge in [0.2, 0.25) is 10.0 Å². The van der Waals surface area contributed by atoms with Crippen molar-refractivity contribution in [3.05, 3.63) is 17.5 Å². The van der Waals surface area contributed by atoms with Crippen LogP contribution in [0.15, 0.2) is 6.20 Å². The minimum Gasteiger partial charge on any atom is -0.272 e. The second-order valence-electron chi connectivity index (χ2n) is 6.14. The number of nitrogens with zero attached hydrogens (tertiary/aromatic N) is 3. The van der Waals surface area contributed by atoms with Gasteiger partial charge in [-0.2, -0.15) is 9.40 Å². The average Bonchev–Trinajstić information content (AvgIpc) is 3.19. The summed E-state index contributed by atoms with van der Waals surface area (Å²) < 4.78 is 28.4. The highest BCUT2D eigenvalue weighted by molar-refractivity contribution is 7.89. The fourth-order valence-electron chi connectivity index (χ4n) is 3.12. The van der Waals surface area contributed by atoms with Crippen LogP contribution in [0.25, 0.3) is 0 Å². The number of hydrogen-bond donors (Lipinski definition) is 0. The molecule has 0 bridgehead atoms. The predicted molar refractivity (Wildman–Crippen MR) is 77.8 cm³/mol. The highest BCUT2D eigenvalue weighted by Crippen LogP contribution is 2.36. The number of aromatic nitrogens is 2. The summed E-state index contributed by atoms with van der Waals surface area (Å²) in [5.41, 5.74) is 2.28. The minimum atomic E-state index is -3.15. The molecule has 0 spiro atoms.